The molecule has 0 radical (unpaired) electrons. The minimum absolute atomic E-state index is 0.308. The number of rotatable bonds is 4. The van der Waals surface area contributed by atoms with Crippen LogP contribution in [0.3, 0.4) is 0 Å². The lowest BCUT2D eigenvalue weighted by Gasteiger charge is -2.22. The van der Waals surface area contributed by atoms with Crippen LogP contribution in [0.25, 0.3) is 27.9 Å². The molecule has 8 nitrogen and oxygen atoms in total. The summed E-state index contributed by atoms with van der Waals surface area (Å²) in [5.41, 5.74) is 7.03. The molecule has 0 unspecified atom stereocenters. The Morgan fingerprint density at radius 1 is 1.18 bits per heavy atom. The number of hydrogen-bond donors (Lipinski definition) is 2. The van der Waals surface area contributed by atoms with E-state index in [4.69, 9.17) is 15.5 Å². The summed E-state index contributed by atoms with van der Waals surface area (Å²) in [6.45, 7) is 1.61. The summed E-state index contributed by atoms with van der Waals surface area (Å²) in [6, 6.07) is 15.0. The van der Waals surface area contributed by atoms with Gasteiger partial charge in [-0.05, 0) is 31.2 Å². The Labute approximate surface area is 161 Å². The zero-order valence-corrected chi connectivity index (χ0v) is 15.8. The quantitative estimate of drug-likeness (QED) is 0.563. The van der Waals surface area contributed by atoms with Gasteiger partial charge in [0.15, 0.2) is 22.8 Å². The molecule has 2 aromatic heterocycles. The van der Waals surface area contributed by atoms with Gasteiger partial charge in [-0.2, -0.15) is 4.52 Å². The second-order valence-corrected chi connectivity index (χ2v) is 6.64. The van der Waals surface area contributed by atoms with Crippen molar-refractivity contribution >= 4 is 22.5 Å². The molecule has 2 heterocycles. The van der Waals surface area contributed by atoms with Crippen LogP contribution in [0, 0.1) is 0 Å². The van der Waals surface area contributed by atoms with Gasteiger partial charge in [0.25, 0.3) is 0 Å². The van der Waals surface area contributed by atoms with Crippen molar-refractivity contribution in [1.29, 1.82) is 0 Å². The van der Waals surface area contributed by atoms with Crippen LogP contribution in [-0.2, 0) is 10.3 Å². The number of benzene rings is 2. The number of amides is 1. The number of para-hydroxylation sites is 1. The second kappa shape index (κ2) is 6.58. The van der Waals surface area contributed by atoms with E-state index in [0.717, 1.165) is 10.9 Å². The number of likely N-dealkylation sites (N-methyl/N-ethyl adjacent to an activating group) is 1. The van der Waals surface area contributed by atoms with E-state index < -0.39 is 5.54 Å². The molecule has 0 saturated heterocycles. The summed E-state index contributed by atoms with van der Waals surface area (Å²) in [5, 5.41) is 8.03. The third kappa shape index (κ3) is 2.74. The molecule has 2 aromatic carbocycles. The molecule has 1 amide bonds. The molecule has 4 aromatic rings. The van der Waals surface area contributed by atoms with Gasteiger partial charge >= 0.3 is 0 Å². The van der Waals surface area contributed by atoms with Crippen LogP contribution in [0.4, 0.5) is 0 Å². The molecule has 28 heavy (non-hydrogen) atoms. The number of carbonyl (C=O) groups excluding carboxylic acids is 1. The summed E-state index contributed by atoms with van der Waals surface area (Å²) in [7, 11) is 3.14. The molecule has 0 spiro atoms. The van der Waals surface area contributed by atoms with E-state index in [2.05, 4.69) is 15.4 Å². The number of ether oxygens (including phenoxy) is 1. The van der Waals surface area contributed by atoms with Crippen LogP contribution in [0.15, 0.2) is 48.5 Å². The molecule has 0 aliphatic carbocycles. The van der Waals surface area contributed by atoms with Gasteiger partial charge in [-0.25, -0.2) is 9.97 Å². The summed E-state index contributed by atoms with van der Waals surface area (Å²) < 4.78 is 6.85. The minimum atomic E-state index is -1.39. The van der Waals surface area contributed by atoms with Crippen LogP contribution in [0.5, 0.6) is 5.75 Å². The van der Waals surface area contributed by atoms with Gasteiger partial charge in [0.2, 0.25) is 5.91 Å². The molecule has 1 atom stereocenters. The first kappa shape index (κ1) is 17.9. The lowest BCUT2D eigenvalue weighted by atomic mass is 10.0. The van der Waals surface area contributed by atoms with Crippen molar-refractivity contribution in [2.24, 2.45) is 5.73 Å². The maximum absolute atomic E-state index is 12.4. The van der Waals surface area contributed by atoms with Gasteiger partial charge in [0, 0.05) is 18.0 Å². The molecule has 4 rings (SSSR count). The highest BCUT2D eigenvalue weighted by Gasteiger charge is 2.35. The van der Waals surface area contributed by atoms with Crippen molar-refractivity contribution in [3.05, 3.63) is 54.4 Å². The van der Waals surface area contributed by atoms with E-state index in [1.165, 1.54) is 7.05 Å². The first-order valence-electron chi connectivity index (χ1n) is 8.77. The number of carbonyl (C=O) groups is 1. The number of nitrogens with two attached hydrogens (primary N) is 1. The zero-order chi connectivity index (χ0) is 19.9. The lowest BCUT2D eigenvalue weighted by molar-refractivity contribution is -0.125. The van der Waals surface area contributed by atoms with Crippen molar-refractivity contribution < 1.29 is 9.53 Å². The van der Waals surface area contributed by atoms with Gasteiger partial charge in [0.1, 0.15) is 5.75 Å². The number of fused-ring (bicyclic) bond motifs is 3. The van der Waals surface area contributed by atoms with Gasteiger partial charge in [0.05, 0.1) is 12.6 Å². The van der Waals surface area contributed by atoms with Crippen molar-refractivity contribution in [1.82, 2.24) is 24.9 Å². The third-order valence-corrected chi connectivity index (χ3v) is 4.67. The standard InChI is InChI=1S/C20H20N6O2/c1-20(21,19(27)22-2)18-23-15-10-5-4-9-14(15)17-24-16(25-26(17)18)12-7-6-8-13(11-12)28-3/h4-11H,21H2,1-3H3,(H,22,27)/t20-/m1/s1. The van der Waals surface area contributed by atoms with Crippen LogP contribution in [0.1, 0.15) is 12.7 Å². The molecule has 0 aliphatic heterocycles. The summed E-state index contributed by atoms with van der Waals surface area (Å²) in [6.07, 6.45) is 0. The topological polar surface area (TPSA) is 107 Å². The first-order valence-corrected chi connectivity index (χ1v) is 8.77. The molecular weight excluding hydrogens is 356 g/mol. The largest absolute Gasteiger partial charge is 0.497 e. The molecule has 8 heteroatoms. The normalized spacial score (nSPS) is 13.4. The van der Waals surface area contributed by atoms with Crippen LogP contribution >= 0.6 is 0 Å². The number of nitrogens with one attached hydrogen (secondary N) is 1. The smallest absolute Gasteiger partial charge is 0.247 e. The predicted octanol–water partition coefficient (Wildman–Crippen LogP) is 1.87. The van der Waals surface area contributed by atoms with Crippen molar-refractivity contribution in [3.63, 3.8) is 0 Å². The molecule has 0 fully saturated rings. The van der Waals surface area contributed by atoms with E-state index in [9.17, 15) is 4.79 Å². The number of hydrogen-bond acceptors (Lipinski definition) is 6. The highest BCUT2D eigenvalue weighted by Crippen LogP contribution is 2.27. The van der Waals surface area contributed by atoms with Gasteiger partial charge < -0.3 is 15.8 Å². The third-order valence-electron chi connectivity index (χ3n) is 4.67. The molecular formula is C20H20N6O2. The average Bonchev–Trinajstić information content (AvgIpc) is 3.18. The van der Waals surface area contributed by atoms with Crippen LogP contribution < -0.4 is 15.8 Å². The van der Waals surface area contributed by atoms with Gasteiger partial charge in [-0.3, -0.25) is 4.79 Å². The number of aromatic nitrogens is 4. The summed E-state index contributed by atoms with van der Waals surface area (Å²) in [4.78, 5) is 21.8. The van der Waals surface area contributed by atoms with Crippen molar-refractivity contribution in [2.45, 2.75) is 12.5 Å². The maximum atomic E-state index is 12.4. The first-order chi connectivity index (χ1) is 13.5. The average molecular weight is 376 g/mol. The minimum Gasteiger partial charge on any atom is -0.497 e. The summed E-state index contributed by atoms with van der Waals surface area (Å²) in [5.74, 6) is 1.14. The Hall–Kier alpha value is -3.52. The van der Waals surface area contributed by atoms with E-state index in [0.29, 0.717) is 28.6 Å². The van der Waals surface area contributed by atoms with Crippen molar-refractivity contribution in [2.75, 3.05) is 14.2 Å². The lowest BCUT2D eigenvalue weighted by Crippen LogP contribution is -2.49. The Kier molecular flexibility index (Phi) is 4.20. The molecule has 3 N–H and O–H groups in total. The number of nitrogens with zero attached hydrogens (tertiary/aromatic N) is 4. The Morgan fingerprint density at radius 2 is 1.96 bits per heavy atom. The monoisotopic (exact) mass is 376 g/mol. The molecule has 0 saturated carbocycles. The fraction of sp³-hybridized carbons (Fsp3) is 0.200. The van der Waals surface area contributed by atoms with E-state index in [1.807, 2.05) is 48.5 Å². The highest BCUT2D eigenvalue weighted by molar-refractivity contribution is 5.93. The summed E-state index contributed by atoms with van der Waals surface area (Å²) >= 11 is 0. The molecule has 0 bridgehead atoms. The predicted molar refractivity (Wildman–Crippen MR) is 106 cm³/mol. The van der Waals surface area contributed by atoms with E-state index in [1.54, 1.807) is 18.5 Å². The van der Waals surface area contributed by atoms with E-state index in [-0.39, 0.29) is 5.91 Å². The highest BCUT2D eigenvalue weighted by atomic mass is 16.5. The fourth-order valence-corrected chi connectivity index (χ4v) is 3.14. The SMILES string of the molecule is CNC(=O)[C@](C)(N)c1nc2ccccc2c2nc(-c3cccc(OC)c3)nn12. The Morgan fingerprint density at radius 3 is 2.71 bits per heavy atom. The van der Waals surface area contributed by atoms with Crippen LogP contribution in [-0.4, -0.2) is 39.6 Å². The second-order valence-electron chi connectivity index (χ2n) is 6.64. The van der Waals surface area contributed by atoms with Crippen molar-refractivity contribution in [3.8, 4) is 17.1 Å². The number of methoxy groups -OCH3 is 1. The van der Waals surface area contributed by atoms with Crippen LogP contribution in [0.2, 0.25) is 0 Å². The maximum Gasteiger partial charge on any atom is 0.247 e. The van der Waals surface area contributed by atoms with E-state index >= 15 is 0 Å². The Bertz CT molecular complexity index is 1200. The van der Waals surface area contributed by atoms with Gasteiger partial charge in [-0.1, -0.05) is 24.3 Å². The molecule has 0 aliphatic rings. The zero-order valence-electron chi connectivity index (χ0n) is 15.8. The Balaban J connectivity index is 2.04. The molecule has 142 valence electrons. The fourth-order valence-electron chi connectivity index (χ4n) is 3.14. The van der Waals surface area contributed by atoms with Gasteiger partial charge in [-0.15, -0.1) is 5.10 Å².